The van der Waals surface area contributed by atoms with Crippen molar-refractivity contribution in [2.75, 3.05) is 6.61 Å². The summed E-state index contributed by atoms with van der Waals surface area (Å²) in [5, 5.41) is 10.2. The third-order valence-corrected chi connectivity index (χ3v) is 1.79. The summed E-state index contributed by atoms with van der Waals surface area (Å²) in [4.78, 5) is 11.3. The molecule has 1 aliphatic rings. The van der Waals surface area contributed by atoms with E-state index >= 15 is 0 Å². The highest BCUT2D eigenvalue weighted by Crippen LogP contribution is 2.13. The van der Waals surface area contributed by atoms with E-state index in [0.717, 1.165) is 5.01 Å². The number of quaternary nitrogens is 1. The number of ether oxygens (including phenoxy) is 1. The first-order valence-corrected chi connectivity index (χ1v) is 4.42. The van der Waals surface area contributed by atoms with E-state index in [-0.39, 0.29) is 18.1 Å². The Labute approximate surface area is 87.1 Å². The van der Waals surface area contributed by atoms with Gasteiger partial charge < -0.3 is 15.6 Å². The molecule has 82 valence electrons. The predicted octanol–water partition coefficient (Wildman–Crippen LogP) is -0.852. The molecular weight excluding hydrogens is 198 g/mol. The lowest BCUT2D eigenvalue weighted by Crippen LogP contribution is -2.54. The maximum Gasteiger partial charge on any atom is 0.394 e. The van der Waals surface area contributed by atoms with Crippen LogP contribution in [0.5, 0.6) is 0 Å². The quantitative estimate of drug-likeness (QED) is 0.314. The van der Waals surface area contributed by atoms with Gasteiger partial charge in [0, 0.05) is 0 Å². The number of hydrogen-bond donors (Lipinski definition) is 3. The topological polar surface area (TPSA) is 103 Å². The molecule has 0 atom stereocenters. The molecule has 0 radical (unpaired) electrons. The Balaban J connectivity index is 2.92. The third kappa shape index (κ3) is 2.58. The molecular formula is C9H14N3O3+. The number of carbonyl (C=O) groups is 1. The molecule has 15 heavy (non-hydrogen) atoms. The molecule has 0 aromatic rings. The lowest BCUT2D eigenvalue weighted by Gasteiger charge is -2.18. The van der Waals surface area contributed by atoms with Gasteiger partial charge in [0.15, 0.2) is 0 Å². The molecule has 1 rings (SSSR count). The van der Waals surface area contributed by atoms with Gasteiger partial charge in [-0.05, 0) is 19.1 Å². The Bertz CT molecular complexity index is 358. The van der Waals surface area contributed by atoms with E-state index in [4.69, 9.17) is 15.7 Å². The number of nitrogens with two attached hydrogens (primary N) is 1. The number of aliphatic hydroxyl groups is 1. The second kappa shape index (κ2) is 4.63. The van der Waals surface area contributed by atoms with Crippen molar-refractivity contribution in [2.24, 2.45) is 5.84 Å². The van der Waals surface area contributed by atoms with Gasteiger partial charge in [-0.1, -0.05) is 0 Å². The van der Waals surface area contributed by atoms with Gasteiger partial charge in [-0.2, -0.15) is 0 Å². The van der Waals surface area contributed by atoms with E-state index in [1.807, 2.05) is 0 Å². The average Bonchev–Trinajstić information content (AvgIpc) is 2.17. The van der Waals surface area contributed by atoms with Crippen LogP contribution in [0.25, 0.3) is 0 Å². The number of aliphatic hydroxyl groups excluding tert-OH is 1. The molecule has 0 amide bonds. The summed E-state index contributed by atoms with van der Waals surface area (Å²) in [5.41, 5.74) is 4.12. The zero-order valence-corrected chi connectivity index (χ0v) is 8.43. The largest absolute Gasteiger partial charge is 0.506 e. The second-order valence-corrected chi connectivity index (χ2v) is 2.88. The highest BCUT2D eigenvalue weighted by molar-refractivity contribution is 5.86. The van der Waals surface area contributed by atoms with Gasteiger partial charge >= 0.3 is 5.97 Å². The van der Waals surface area contributed by atoms with E-state index in [0.29, 0.717) is 5.70 Å². The zero-order valence-electron chi connectivity index (χ0n) is 8.43. The van der Waals surface area contributed by atoms with Crippen LogP contribution < -0.4 is 11.6 Å². The average molecular weight is 212 g/mol. The number of nitrogens with zero attached hydrogens (tertiary/aromatic N) is 1. The molecule has 0 unspecified atom stereocenters. The Kier molecular flexibility index (Phi) is 3.48. The lowest BCUT2D eigenvalue weighted by atomic mass is 10.2. The summed E-state index contributed by atoms with van der Waals surface area (Å²) in [7, 11) is 0. The molecule has 0 saturated heterocycles. The van der Waals surface area contributed by atoms with Gasteiger partial charge in [-0.3, -0.25) is 5.01 Å². The summed E-state index contributed by atoms with van der Waals surface area (Å²) in [5.74, 6) is 5.03. The maximum atomic E-state index is 11.3. The molecule has 0 fully saturated rings. The molecule has 0 saturated carbocycles. The third-order valence-electron chi connectivity index (χ3n) is 1.79. The summed E-state index contributed by atoms with van der Waals surface area (Å²) in [6, 6.07) is 0. The summed E-state index contributed by atoms with van der Waals surface area (Å²) < 4.78 is 4.77. The van der Waals surface area contributed by atoms with Crippen LogP contribution in [-0.4, -0.2) is 22.7 Å². The molecule has 6 nitrogen and oxygen atoms in total. The fourth-order valence-electron chi connectivity index (χ4n) is 1.08. The molecule has 6 heteroatoms. The first kappa shape index (κ1) is 11.3. The van der Waals surface area contributed by atoms with Crippen LogP contribution in [0.1, 0.15) is 6.92 Å². The van der Waals surface area contributed by atoms with Crippen LogP contribution in [0.3, 0.4) is 0 Å². The minimum absolute atomic E-state index is 0.0120. The van der Waals surface area contributed by atoms with Gasteiger partial charge in [0.05, 0.1) is 12.8 Å². The highest BCUT2D eigenvalue weighted by Gasteiger charge is 2.20. The minimum atomic E-state index is -0.526. The number of hydrazine groups is 1. The van der Waals surface area contributed by atoms with Crippen LogP contribution in [0.2, 0.25) is 0 Å². The SMILES string of the molecule is CCOC(=O)C([NH3+])=C1C=CC(O)=CN1N. The number of carbonyl (C=O) groups excluding carboxylic acids is 1. The molecule has 1 aliphatic heterocycles. The molecule has 0 bridgehead atoms. The molecule has 0 aromatic heterocycles. The van der Waals surface area contributed by atoms with E-state index in [2.05, 4.69) is 5.73 Å². The first-order chi connectivity index (χ1) is 7.06. The van der Waals surface area contributed by atoms with Crippen molar-refractivity contribution in [2.45, 2.75) is 6.92 Å². The zero-order chi connectivity index (χ0) is 11.4. The normalized spacial score (nSPS) is 18.6. The molecule has 0 spiro atoms. The van der Waals surface area contributed by atoms with Crippen molar-refractivity contribution < 1.29 is 20.4 Å². The Hall–Kier alpha value is -1.79. The van der Waals surface area contributed by atoms with Gasteiger partial charge in [0.1, 0.15) is 11.5 Å². The summed E-state index contributed by atoms with van der Waals surface area (Å²) >= 11 is 0. The smallest absolute Gasteiger partial charge is 0.394 e. The fourth-order valence-corrected chi connectivity index (χ4v) is 1.08. The molecule has 0 aromatic carbocycles. The van der Waals surface area contributed by atoms with E-state index in [1.165, 1.54) is 18.4 Å². The van der Waals surface area contributed by atoms with Crippen molar-refractivity contribution in [3.63, 3.8) is 0 Å². The van der Waals surface area contributed by atoms with Crippen LogP contribution in [0.4, 0.5) is 0 Å². The van der Waals surface area contributed by atoms with Crippen molar-refractivity contribution in [1.82, 2.24) is 5.01 Å². The molecule has 0 aliphatic carbocycles. The van der Waals surface area contributed by atoms with Crippen molar-refractivity contribution in [3.05, 3.63) is 35.5 Å². The Morgan fingerprint density at radius 1 is 1.67 bits per heavy atom. The van der Waals surface area contributed by atoms with Gasteiger partial charge in [-0.15, -0.1) is 0 Å². The van der Waals surface area contributed by atoms with E-state index < -0.39 is 5.97 Å². The number of hydrogen-bond acceptors (Lipinski definition) is 5. The van der Waals surface area contributed by atoms with Crippen molar-refractivity contribution >= 4 is 5.97 Å². The predicted molar refractivity (Wildman–Crippen MR) is 52.4 cm³/mol. The minimum Gasteiger partial charge on any atom is -0.506 e. The van der Waals surface area contributed by atoms with Crippen LogP contribution in [0.15, 0.2) is 35.5 Å². The van der Waals surface area contributed by atoms with Crippen molar-refractivity contribution in [3.8, 4) is 0 Å². The van der Waals surface area contributed by atoms with Crippen molar-refractivity contribution in [1.29, 1.82) is 0 Å². The van der Waals surface area contributed by atoms with Gasteiger partial charge in [0.25, 0.3) is 0 Å². The molecule has 6 N–H and O–H groups in total. The Morgan fingerprint density at radius 2 is 2.33 bits per heavy atom. The van der Waals surface area contributed by atoms with Crippen LogP contribution >= 0.6 is 0 Å². The van der Waals surface area contributed by atoms with E-state index in [1.54, 1.807) is 6.92 Å². The number of esters is 1. The first-order valence-electron chi connectivity index (χ1n) is 4.42. The van der Waals surface area contributed by atoms with Gasteiger partial charge in [0.2, 0.25) is 5.70 Å². The van der Waals surface area contributed by atoms with E-state index in [9.17, 15) is 4.79 Å². The molecule has 1 heterocycles. The lowest BCUT2D eigenvalue weighted by molar-refractivity contribution is -0.306. The highest BCUT2D eigenvalue weighted by atomic mass is 16.5. The number of allylic oxidation sites excluding steroid dienone is 2. The fraction of sp³-hybridized carbons (Fsp3) is 0.222. The summed E-state index contributed by atoms with van der Waals surface area (Å²) in [6.07, 6.45) is 4.19. The summed E-state index contributed by atoms with van der Waals surface area (Å²) in [6.45, 7) is 1.99. The van der Waals surface area contributed by atoms with Crippen LogP contribution in [0, 0.1) is 0 Å². The monoisotopic (exact) mass is 212 g/mol. The Morgan fingerprint density at radius 3 is 2.87 bits per heavy atom. The standard InChI is InChI=1S/C9H13N3O3/c1-2-15-9(14)8(10)7-4-3-6(13)5-12(7)11/h3-5,13H,2,10-11H2,1H3/p+1. The van der Waals surface area contributed by atoms with Crippen LogP contribution in [-0.2, 0) is 9.53 Å². The number of rotatable bonds is 2. The second-order valence-electron chi connectivity index (χ2n) is 2.88. The van der Waals surface area contributed by atoms with Gasteiger partial charge in [-0.25, -0.2) is 10.6 Å². The maximum absolute atomic E-state index is 11.3.